The smallest absolute Gasteiger partial charge is 0.280 e. The van der Waals surface area contributed by atoms with Crippen LogP contribution in [0.4, 0.5) is 14.5 Å². The number of rotatable bonds is 4. The third-order valence-electron chi connectivity index (χ3n) is 3.18. The Balaban J connectivity index is 2.70. The zero-order chi connectivity index (χ0) is 14.0. The molecule has 0 unspecified atom stereocenters. The van der Waals surface area contributed by atoms with Crippen molar-refractivity contribution in [2.45, 2.75) is 33.6 Å². The van der Waals surface area contributed by atoms with Crippen LogP contribution in [0.5, 0.6) is 0 Å². The average Bonchev–Trinajstić information content (AvgIpc) is 2.39. The standard InChI is InChI=1S/C15H18F2N2/c1-4-7-18-11-8-12(15(16)17)19-14-10(3)6-5-9(2)13(11)14/h5-6,8,15H,4,7H2,1-3H3,(H,18,19). The van der Waals surface area contributed by atoms with Gasteiger partial charge in [0.05, 0.1) is 5.52 Å². The van der Waals surface area contributed by atoms with Crippen LogP contribution in [0.25, 0.3) is 10.9 Å². The highest BCUT2D eigenvalue weighted by atomic mass is 19.3. The number of nitrogens with zero attached hydrogens (tertiary/aromatic N) is 1. The summed E-state index contributed by atoms with van der Waals surface area (Å²) < 4.78 is 25.9. The van der Waals surface area contributed by atoms with Crippen molar-refractivity contribution in [2.24, 2.45) is 0 Å². The Morgan fingerprint density at radius 2 is 1.89 bits per heavy atom. The number of aromatic nitrogens is 1. The molecule has 0 aliphatic carbocycles. The van der Waals surface area contributed by atoms with Gasteiger partial charge >= 0.3 is 0 Å². The second-order valence-electron chi connectivity index (χ2n) is 4.75. The number of aryl methyl sites for hydroxylation is 2. The van der Waals surface area contributed by atoms with Crippen molar-refractivity contribution in [3.8, 4) is 0 Å². The molecule has 102 valence electrons. The van der Waals surface area contributed by atoms with Gasteiger partial charge in [0.1, 0.15) is 5.69 Å². The van der Waals surface area contributed by atoms with Crippen LogP contribution >= 0.6 is 0 Å². The summed E-state index contributed by atoms with van der Waals surface area (Å²) in [4.78, 5) is 4.11. The molecule has 0 aliphatic heterocycles. The van der Waals surface area contributed by atoms with Crippen molar-refractivity contribution in [3.05, 3.63) is 35.0 Å². The summed E-state index contributed by atoms with van der Waals surface area (Å²) in [5, 5.41) is 4.17. The van der Waals surface area contributed by atoms with Gasteiger partial charge in [-0.15, -0.1) is 0 Å². The van der Waals surface area contributed by atoms with E-state index in [4.69, 9.17) is 0 Å². The lowest BCUT2D eigenvalue weighted by atomic mass is 10.0. The summed E-state index contributed by atoms with van der Waals surface area (Å²) >= 11 is 0. The molecule has 1 N–H and O–H groups in total. The van der Waals surface area contributed by atoms with Gasteiger partial charge in [0.25, 0.3) is 6.43 Å². The van der Waals surface area contributed by atoms with E-state index in [0.29, 0.717) is 5.52 Å². The maximum Gasteiger partial charge on any atom is 0.280 e. The fourth-order valence-electron chi connectivity index (χ4n) is 2.17. The predicted octanol–water partition coefficient (Wildman–Crippen LogP) is 4.61. The molecule has 1 aromatic heterocycles. The van der Waals surface area contributed by atoms with Crippen LogP contribution in [0.3, 0.4) is 0 Å². The molecule has 0 fully saturated rings. The topological polar surface area (TPSA) is 24.9 Å². The molecule has 2 rings (SSSR count). The quantitative estimate of drug-likeness (QED) is 0.872. The third-order valence-corrected chi connectivity index (χ3v) is 3.18. The summed E-state index contributed by atoms with van der Waals surface area (Å²) in [7, 11) is 0. The number of nitrogens with one attached hydrogen (secondary N) is 1. The maximum atomic E-state index is 12.9. The van der Waals surface area contributed by atoms with Gasteiger partial charge < -0.3 is 5.32 Å². The van der Waals surface area contributed by atoms with Crippen molar-refractivity contribution in [1.82, 2.24) is 4.98 Å². The van der Waals surface area contributed by atoms with E-state index in [0.717, 1.165) is 35.2 Å². The Bertz CT molecular complexity index is 594. The molecule has 0 atom stereocenters. The van der Waals surface area contributed by atoms with Crippen LogP contribution in [0.1, 0.15) is 36.6 Å². The molecule has 19 heavy (non-hydrogen) atoms. The molecular formula is C15H18F2N2. The van der Waals surface area contributed by atoms with Gasteiger partial charge in [-0.1, -0.05) is 19.1 Å². The van der Waals surface area contributed by atoms with E-state index in [1.54, 1.807) is 0 Å². The van der Waals surface area contributed by atoms with Gasteiger partial charge in [-0.2, -0.15) is 0 Å². The number of hydrogen-bond acceptors (Lipinski definition) is 2. The minimum absolute atomic E-state index is 0.167. The molecule has 0 saturated carbocycles. The Kier molecular flexibility index (Phi) is 3.98. The zero-order valence-corrected chi connectivity index (χ0v) is 11.4. The normalized spacial score (nSPS) is 11.3. The molecule has 0 bridgehead atoms. The Labute approximate surface area is 111 Å². The highest BCUT2D eigenvalue weighted by molar-refractivity contribution is 5.96. The summed E-state index contributed by atoms with van der Waals surface area (Å²) in [6.45, 7) is 6.67. The molecule has 4 heteroatoms. The first-order valence-electron chi connectivity index (χ1n) is 6.47. The summed E-state index contributed by atoms with van der Waals surface area (Å²) in [5.41, 5.74) is 3.22. The molecule has 0 radical (unpaired) electrons. The minimum atomic E-state index is -2.55. The van der Waals surface area contributed by atoms with Gasteiger partial charge in [-0.3, -0.25) is 0 Å². The largest absolute Gasteiger partial charge is 0.384 e. The van der Waals surface area contributed by atoms with E-state index in [2.05, 4.69) is 10.3 Å². The monoisotopic (exact) mass is 264 g/mol. The first-order valence-corrected chi connectivity index (χ1v) is 6.47. The van der Waals surface area contributed by atoms with Crippen LogP contribution in [-0.2, 0) is 0 Å². The van der Waals surface area contributed by atoms with Crippen molar-refractivity contribution < 1.29 is 8.78 Å². The van der Waals surface area contributed by atoms with Crippen molar-refractivity contribution in [2.75, 3.05) is 11.9 Å². The molecule has 0 amide bonds. The molecule has 1 aromatic carbocycles. The number of pyridine rings is 1. The molecule has 0 saturated heterocycles. The predicted molar refractivity (Wildman–Crippen MR) is 75.0 cm³/mol. The molecule has 2 aromatic rings. The van der Waals surface area contributed by atoms with Gasteiger partial charge in [0, 0.05) is 17.6 Å². The van der Waals surface area contributed by atoms with Crippen molar-refractivity contribution >= 4 is 16.6 Å². The van der Waals surface area contributed by atoms with Gasteiger partial charge in [-0.05, 0) is 37.5 Å². The van der Waals surface area contributed by atoms with E-state index in [9.17, 15) is 8.78 Å². The van der Waals surface area contributed by atoms with Crippen molar-refractivity contribution in [3.63, 3.8) is 0 Å². The number of fused-ring (bicyclic) bond motifs is 1. The lowest BCUT2D eigenvalue weighted by molar-refractivity contribution is 0.146. The number of hydrogen-bond donors (Lipinski definition) is 1. The number of alkyl halides is 2. The van der Waals surface area contributed by atoms with Crippen LogP contribution in [-0.4, -0.2) is 11.5 Å². The number of benzene rings is 1. The molecule has 0 aliphatic rings. The Hall–Kier alpha value is -1.71. The fourth-order valence-corrected chi connectivity index (χ4v) is 2.17. The van der Waals surface area contributed by atoms with Crippen LogP contribution in [0.2, 0.25) is 0 Å². The first-order chi connectivity index (χ1) is 9.04. The molecule has 2 nitrogen and oxygen atoms in total. The minimum Gasteiger partial charge on any atom is -0.384 e. The molecule has 1 heterocycles. The Morgan fingerprint density at radius 1 is 1.21 bits per heavy atom. The van der Waals surface area contributed by atoms with Gasteiger partial charge in [-0.25, -0.2) is 13.8 Å². The van der Waals surface area contributed by atoms with E-state index >= 15 is 0 Å². The van der Waals surface area contributed by atoms with E-state index in [1.165, 1.54) is 6.07 Å². The van der Waals surface area contributed by atoms with Gasteiger partial charge in [0.15, 0.2) is 0 Å². The number of anilines is 1. The third kappa shape index (κ3) is 2.67. The lowest BCUT2D eigenvalue weighted by Crippen LogP contribution is -2.04. The summed E-state index contributed by atoms with van der Waals surface area (Å²) in [6, 6.07) is 5.39. The lowest BCUT2D eigenvalue weighted by Gasteiger charge is -2.14. The Morgan fingerprint density at radius 3 is 2.53 bits per heavy atom. The maximum absolute atomic E-state index is 12.9. The summed E-state index contributed by atoms with van der Waals surface area (Å²) in [5.74, 6) is 0. The van der Waals surface area contributed by atoms with Gasteiger partial charge in [0.2, 0.25) is 0 Å². The molecular weight excluding hydrogens is 246 g/mol. The second-order valence-corrected chi connectivity index (χ2v) is 4.75. The van der Waals surface area contributed by atoms with E-state index < -0.39 is 6.43 Å². The van der Waals surface area contributed by atoms with E-state index in [1.807, 2.05) is 32.9 Å². The van der Waals surface area contributed by atoms with E-state index in [-0.39, 0.29) is 5.69 Å². The van der Waals surface area contributed by atoms with Crippen LogP contribution in [0, 0.1) is 13.8 Å². The summed E-state index contributed by atoms with van der Waals surface area (Å²) in [6.07, 6.45) is -1.61. The SMILES string of the molecule is CCCNc1cc(C(F)F)nc2c(C)ccc(C)c12. The second kappa shape index (κ2) is 5.51. The van der Waals surface area contributed by atoms with Crippen molar-refractivity contribution in [1.29, 1.82) is 0 Å². The highest BCUT2D eigenvalue weighted by Crippen LogP contribution is 2.31. The first kappa shape index (κ1) is 13.7. The fraction of sp³-hybridized carbons (Fsp3) is 0.400. The number of halogens is 2. The highest BCUT2D eigenvalue weighted by Gasteiger charge is 2.15. The average molecular weight is 264 g/mol. The van der Waals surface area contributed by atoms with Crippen LogP contribution < -0.4 is 5.32 Å². The zero-order valence-electron chi connectivity index (χ0n) is 11.4. The molecule has 0 spiro atoms. The van der Waals surface area contributed by atoms with Crippen LogP contribution in [0.15, 0.2) is 18.2 Å².